The first-order valence-electron chi connectivity index (χ1n) is 12.5. The number of thioether (sulfide) groups is 2. The van der Waals surface area contributed by atoms with Gasteiger partial charge in [0.15, 0.2) is 5.13 Å². The summed E-state index contributed by atoms with van der Waals surface area (Å²) in [6.45, 7) is 0.430. The molecule has 0 aromatic carbocycles. The lowest BCUT2D eigenvalue weighted by Crippen LogP contribution is -2.71. The van der Waals surface area contributed by atoms with Gasteiger partial charge >= 0.3 is 11.9 Å². The molecular formula is C21H27N11O7S3. The van der Waals surface area contributed by atoms with E-state index in [9.17, 15) is 24.3 Å². The predicted molar refractivity (Wildman–Crippen MR) is 150 cm³/mol. The molecular weight excluding hydrogens is 615 g/mol. The Labute approximate surface area is 250 Å². The highest BCUT2D eigenvalue weighted by atomic mass is 32.2. The number of carbonyl (C=O) groups excluding carboxylic acids is 2. The molecule has 0 aliphatic carbocycles. The number of hydrogen-bond donors (Lipinski definition) is 5. The van der Waals surface area contributed by atoms with Crippen molar-refractivity contribution in [2.75, 3.05) is 30.4 Å². The number of fused-ring (bicyclic) bond motifs is 1. The number of nitrogens with two attached hydrogens (primary N) is 2. The first kappa shape index (κ1) is 31.1. The zero-order chi connectivity index (χ0) is 30.2. The molecule has 7 N–H and O–H groups in total. The minimum absolute atomic E-state index is 0.0237. The Kier molecular flexibility index (Phi) is 10.7. The van der Waals surface area contributed by atoms with Crippen LogP contribution in [0.3, 0.4) is 0 Å². The van der Waals surface area contributed by atoms with Gasteiger partial charge in [-0.3, -0.25) is 14.5 Å². The van der Waals surface area contributed by atoms with Crippen molar-refractivity contribution in [1.82, 2.24) is 39.8 Å². The fourth-order valence-electron chi connectivity index (χ4n) is 4.02. The second-order valence-corrected chi connectivity index (χ2v) is 11.7. The molecule has 226 valence electrons. The molecule has 2 aromatic heterocycles. The SMILES string of the molecule is NCCCCCCn1nnnc1SCC1=C(C(=O)O)N2C(=O)C(NC(=O)/C(=N/OCC(=O)O)c3nsc(N)n3)C2SC1. The average Bonchev–Trinajstić information content (AvgIpc) is 3.60. The van der Waals surface area contributed by atoms with Crippen LogP contribution >= 0.6 is 35.1 Å². The van der Waals surface area contributed by atoms with Crippen LogP contribution in [0, 0.1) is 0 Å². The fraction of sp³-hybridized carbons (Fsp3) is 0.524. The van der Waals surface area contributed by atoms with Crippen LogP contribution in [0.25, 0.3) is 0 Å². The number of nitrogens with zero attached hydrogens (tertiary/aromatic N) is 8. The van der Waals surface area contributed by atoms with E-state index < -0.39 is 47.5 Å². The smallest absolute Gasteiger partial charge is 0.352 e. The van der Waals surface area contributed by atoms with Gasteiger partial charge in [0.25, 0.3) is 11.8 Å². The molecule has 0 spiro atoms. The summed E-state index contributed by atoms with van der Waals surface area (Å²) >= 11 is 3.33. The van der Waals surface area contributed by atoms with E-state index in [1.165, 1.54) is 23.5 Å². The lowest BCUT2D eigenvalue weighted by molar-refractivity contribution is -0.150. The van der Waals surface area contributed by atoms with Crippen LogP contribution < -0.4 is 16.8 Å². The number of tetrazole rings is 1. The van der Waals surface area contributed by atoms with Gasteiger partial charge in [-0.05, 0) is 35.4 Å². The molecule has 2 aliphatic heterocycles. The Morgan fingerprint density at radius 3 is 2.69 bits per heavy atom. The zero-order valence-corrected chi connectivity index (χ0v) is 24.4. The number of aliphatic carboxylic acids is 2. The summed E-state index contributed by atoms with van der Waals surface area (Å²) in [6.07, 6.45) is 3.83. The second kappa shape index (κ2) is 14.4. The number of aryl methyl sites for hydroxylation is 1. The Morgan fingerprint density at radius 2 is 2.00 bits per heavy atom. The van der Waals surface area contributed by atoms with E-state index in [-0.39, 0.29) is 28.2 Å². The number of nitrogens with one attached hydrogen (secondary N) is 1. The van der Waals surface area contributed by atoms with E-state index in [2.05, 4.69) is 40.2 Å². The Balaban J connectivity index is 1.42. The number of carboxylic acids is 2. The topological polar surface area (TPSA) is 267 Å². The van der Waals surface area contributed by atoms with E-state index in [1.54, 1.807) is 4.68 Å². The number of carbonyl (C=O) groups is 4. The molecule has 0 bridgehead atoms. The Hall–Kier alpha value is -3.82. The molecule has 21 heteroatoms. The summed E-state index contributed by atoms with van der Waals surface area (Å²) in [7, 11) is 0. The maximum atomic E-state index is 13.1. The molecule has 2 aliphatic rings. The van der Waals surface area contributed by atoms with Gasteiger partial charge in [-0.2, -0.15) is 9.36 Å². The quantitative estimate of drug-likeness (QED) is 0.0481. The van der Waals surface area contributed by atoms with E-state index in [4.69, 9.17) is 16.6 Å². The molecule has 42 heavy (non-hydrogen) atoms. The van der Waals surface area contributed by atoms with Gasteiger partial charge in [0.2, 0.25) is 23.3 Å². The van der Waals surface area contributed by atoms with Crippen molar-refractivity contribution < 1.29 is 34.2 Å². The van der Waals surface area contributed by atoms with Gasteiger partial charge in [0.1, 0.15) is 17.1 Å². The molecule has 1 saturated heterocycles. The van der Waals surface area contributed by atoms with Gasteiger partial charge in [-0.1, -0.05) is 29.8 Å². The molecule has 2 atom stereocenters. The number of rotatable bonds is 16. The lowest BCUT2D eigenvalue weighted by Gasteiger charge is -2.49. The number of β-lactam (4-membered cyclic amide) rings is 1. The highest BCUT2D eigenvalue weighted by molar-refractivity contribution is 8.01. The third kappa shape index (κ3) is 7.33. The summed E-state index contributed by atoms with van der Waals surface area (Å²) in [4.78, 5) is 58.8. The van der Waals surface area contributed by atoms with E-state index in [1.807, 2.05) is 0 Å². The van der Waals surface area contributed by atoms with Crippen molar-refractivity contribution in [1.29, 1.82) is 0 Å². The van der Waals surface area contributed by atoms with Crippen molar-refractivity contribution in [2.24, 2.45) is 10.9 Å². The highest BCUT2D eigenvalue weighted by Crippen LogP contribution is 2.41. The second-order valence-electron chi connectivity index (χ2n) is 8.86. The van der Waals surface area contributed by atoms with Crippen LogP contribution in [0.15, 0.2) is 21.6 Å². The first-order chi connectivity index (χ1) is 20.2. The molecule has 1 fully saturated rings. The monoisotopic (exact) mass is 641 g/mol. The maximum Gasteiger partial charge on any atom is 0.352 e. The predicted octanol–water partition coefficient (Wildman–Crippen LogP) is -1.04. The summed E-state index contributed by atoms with van der Waals surface area (Å²) in [5, 5.41) is 36.4. The Bertz CT molecular complexity index is 1400. The van der Waals surface area contributed by atoms with Crippen LogP contribution in [0.5, 0.6) is 0 Å². The average molecular weight is 642 g/mol. The van der Waals surface area contributed by atoms with Crippen molar-refractivity contribution in [3.05, 3.63) is 17.1 Å². The number of anilines is 1. The highest BCUT2D eigenvalue weighted by Gasteiger charge is 2.54. The summed E-state index contributed by atoms with van der Waals surface area (Å²) in [5.74, 6) is -3.87. The minimum atomic E-state index is -1.33. The fourth-order valence-corrected chi connectivity index (χ4v) is 6.85. The van der Waals surface area contributed by atoms with Crippen LogP contribution in [-0.2, 0) is 30.6 Å². The van der Waals surface area contributed by atoms with Gasteiger partial charge in [0.05, 0.1) is 0 Å². The molecule has 2 unspecified atom stereocenters. The number of aromatic nitrogens is 6. The van der Waals surface area contributed by atoms with Gasteiger partial charge in [-0.15, -0.1) is 16.9 Å². The molecule has 0 radical (unpaired) electrons. The normalized spacial score (nSPS) is 18.5. The minimum Gasteiger partial charge on any atom is -0.479 e. The van der Waals surface area contributed by atoms with Gasteiger partial charge in [-0.25, -0.2) is 14.3 Å². The largest absolute Gasteiger partial charge is 0.479 e. The molecule has 2 amide bonds. The summed E-state index contributed by atoms with van der Waals surface area (Å²) < 4.78 is 5.55. The van der Waals surface area contributed by atoms with E-state index >= 15 is 0 Å². The van der Waals surface area contributed by atoms with Crippen molar-refractivity contribution in [3.63, 3.8) is 0 Å². The van der Waals surface area contributed by atoms with Gasteiger partial charge < -0.3 is 31.8 Å². The molecule has 0 saturated carbocycles. The third-order valence-corrected chi connectivity index (χ3v) is 8.87. The number of nitrogen functional groups attached to an aromatic ring is 1. The summed E-state index contributed by atoms with van der Waals surface area (Å²) in [5.41, 5.74) is 11.0. The number of carboxylic acid groups (broad SMARTS) is 2. The van der Waals surface area contributed by atoms with Crippen molar-refractivity contribution in [2.45, 2.75) is 48.8 Å². The maximum absolute atomic E-state index is 13.1. The third-order valence-electron chi connectivity index (χ3n) is 5.95. The van der Waals surface area contributed by atoms with Crippen LogP contribution in [0.4, 0.5) is 5.13 Å². The van der Waals surface area contributed by atoms with Crippen LogP contribution in [-0.4, -0.2) is 110 Å². The molecule has 18 nitrogen and oxygen atoms in total. The standard InChI is InChI=1S/C21H27N11O7S3/c22-5-3-1-2-4-6-31-21(26-29-30-31)41-9-10-8-40-18-13(17(36)32(18)14(10)19(37)38)24-16(35)12(27-39-7-11(33)34)15-25-20(23)42-28-15/h13,18H,1-9,22H2,(H,24,35)(H,33,34)(H,37,38)(H2,23,25,28)/b27-12+. The number of hydrogen-bond acceptors (Lipinski definition) is 16. The Morgan fingerprint density at radius 1 is 1.21 bits per heavy atom. The van der Waals surface area contributed by atoms with Crippen LogP contribution in [0.2, 0.25) is 0 Å². The summed E-state index contributed by atoms with van der Waals surface area (Å²) in [6, 6.07) is -1.08. The van der Waals surface area contributed by atoms with E-state index in [0.717, 1.165) is 42.1 Å². The molecule has 4 heterocycles. The number of unbranched alkanes of at least 4 members (excludes halogenated alkanes) is 3. The molecule has 4 rings (SSSR count). The molecule has 2 aromatic rings. The van der Waals surface area contributed by atoms with E-state index in [0.29, 0.717) is 23.8 Å². The zero-order valence-electron chi connectivity index (χ0n) is 21.9. The van der Waals surface area contributed by atoms with Crippen molar-refractivity contribution in [3.8, 4) is 0 Å². The lowest BCUT2D eigenvalue weighted by atomic mass is 10.0. The number of oxime groups is 1. The first-order valence-corrected chi connectivity index (χ1v) is 15.3. The van der Waals surface area contributed by atoms with Crippen molar-refractivity contribution >= 4 is 69.7 Å². The number of amides is 2. The van der Waals surface area contributed by atoms with Gasteiger partial charge in [0, 0.05) is 29.6 Å². The van der Waals surface area contributed by atoms with Crippen LogP contribution in [0.1, 0.15) is 31.5 Å².